The highest BCUT2D eigenvalue weighted by atomic mass is 19.1. The fourth-order valence-corrected chi connectivity index (χ4v) is 5.07. The number of ether oxygens (including phenoxy) is 1. The van der Waals surface area contributed by atoms with Gasteiger partial charge in [0.25, 0.3) is 0 Å². The smallest absolute Gasteiger partial charge is 0.224 e. The van der Waals surface area contributed by atoms with Crippen LogP contribution in [0.4, 0.5) is 4.39 Å². The van der Waals surface area contributed by atoms with Gasteiger partial charge in [-0.1, -0.05) is 24.3 Å². The molecule has 4 aromatic rings. The quantitative estimate of drug-likeness (QED) is 0.374. The van der Waals surface area contributed by atoms with Crippen molar-refractivity contribution in [2.75, 3.05) is 26.2 Å². The number of H-pyrrole nitrogens is 1. The van der Waals surface area contributed by atoms with E-state index in [-0.39, 0.29) is 23.6 Å². The lowest BCUT2D eigenvalue weighted by Crippen LogP contribution is -2.47. The Morgan fingerprint density at radius 3 is 2.94 bits per heavy atom. The summed E-state index contributed by atoms with van der Waals surface area (Å²) < 4.78 is 21.5. The number of para-hydroxylation sites is 1. The molecule has 5 rings (SSSR count). The number of carbonyl (C=O) groups excluding carboxylic acids is 1. The predicted octanol–water partition coefficient (Wildman–Crippen LogP) is 3.92. The summed E-state index contributed by atoms with van der Waals surface area (Å²) >= 11 is 0. The van der Waals surface area contributed by atoms with Crippen molar-refractivity contribution in [2.45, 2.75) is 19.4 Å². The summed E-state index contributed by atoms with van der Waals surface area (Å²) in [7, 11) is 1.98. The minimum Gasteiger partial charge on any atom is -0.493 e. The molecule has 36 heavy (non-hydrogen) atoms. The fraction of sp³-hybridized carbons (Fsp3) is 0.357. The van der Waals surface area contributed by atoms with Crippen LogP contribution in [-0.4, -0.2) is 51.6 Å². The molecule has 0 bridgehead atoms. The minimum atomic E-state index is -0.319. The Morgan fingerprint density at radius 2 is 2.11 bits per heavy atom. The number of rotatable bonds is 9. The molecule has 0 spiro atoms. The largest absolute Gasteiger partial charge is 0.493 e. The van der Waals surface area contributed by atoms with Crippen LogP contribution in [-0.2, 0) is 24.8 Å². The third-order valence-electron chi connectivity index (χ3n) is 6.92. The molecule has 0 unspecified atom stereocenters. The number of nitrogens with zero attached hydrogens (tertiary/aromatic N) is 3. The van der Waals surface area contributed by atoms with E-state index >= 15 is 0 Å². The monoisotopic (exact) mass is 489 g/mol. The van der Waals surface area contributed by atoms with Gasteiger partial charge >= 0.3 is 0 Å². The molecule has 0 aliphatic carbocycles. The van der Waals surface area contributed by atoms with Crippen LogP contribution in [0.3, 0.4) is 0 Å². The second-order valence-electron chi connectivity index (χ2n) is 9.62. The Hall–Kier alpha value is -3.65. The molecular weight excluding hydrogens is 457 g/mol. The van der Waals surface area contributed by atoms with Crippen LogP contribution in [0.5, 0.6) is 5.75 Å². The number of nitrogens with one attached hydrogen (secondary N) is 2. The maximum Gasteiger partial charge on any atom is 0.224 e. The van der Waals surface area contributed by atoms with E-state index < -0.39 is 0 Å². The molecule has 1 saturated heterocycles. The van der Waals surface area contributed by atoms with Gasteiger partial charge in [0.1, 0.15) is 17.4 Å². The van der Waals surface area contributed by atoms with Crippen LogP contribution in [0.15, 0.2) is 67.1 Å². The molecule has 1 aliphatic rings. The number of hydrogen-bond acceptors (Lipinski definition) is 4. The molecule has 188 valence electrons. The highest BCUT2D eigenvalue weighted by Crippen LogP contribution is 2.25. The van der Waals surface area contributed by atoms with Crippen LogP contribution in [0.2, 0.25) is 0 Å². The Kier molecular flexibility index (Phi) is 7.32. The first-order valence-electron chi connectivity index (χ1n) is 12.4. The molecular formula is C28H32FN5O2. The maximum absolute atomic E-state index is 13.6. The van der Waals surface area contributed by atoms with Crippen molar-refractivity contribution in [3.63, 3.8) is 0 Å². The summed E-state index contributed by atoms with van der Waals surface area (Å²) in [4.78, 5) is 23.2. The van der Waals surface area contributed by atoms with E-state index in [0.717, 1.165) is 30.7 Å². The SMILES string of the molecule is Cn1ccnc1CN1C[C@@H](COc2cccc(F)c2)C[C@@H](C(=O)NCCc2c[nH]c3ccccc23)C1. The van der Waals surface area contributed by atoms with Gasteiger partial charge in [-0.25, -0.2) is 9.37 Å². The second-order valence-corrected chi connectivity index (χ2v) is 9.62. The molecule has 2 N–H and O–H groups in total. The number of carbonyl (C=O) groups is 1. The molecule has 1 fully saturated rings. The van der Waals surface area contributed by atoms with E-state index in [1.54, 1.807) is 18.3 Å². The van der Waals surface area contributed by atoms with Gasteiger partial charge in [-0.2, -0.15) is 0 Å². The molecule has 2 aromatic carbocycles. The maximum atomic E-state index is 13.6. The van der Waals surface area contributed by atoms with Crippen molar-refractivity contribution >= 4 is 16.8 Å². The number of likely N-dealkylation sites (tertiary alicyclic amines) is 1. The van der Waals surface area contributed by atoms with Crippen molar-refractivity contribution in [1.29, 1.82) is 0 Å². The number of halogens is 1. The number of piperidine rings is 1. The Morgan fingerprint density at radius 1 is 1.22 bits per heavy atom. The van der Waals surface area contributed by atoms with Crippen molar-refractivity contribution in [3.8, 4) is 5.75 Å². The molecule has 1 aliphatic heterocycles. The molecule has 2 atom stereocenters. The zero-order valence-corrected chi connectivity index (χ0v) is 20.5. The Bertz CT molecular complexity index is 1320. The number of imidazole rings is 1. The van der Waals surface area contributed by atoms with Crippen molar-refractivity contribution < 1.29 is 13.9 Å². The topological polar surface area (TPSA) is 75.2 Å². The van der Waals surface area contributed by atoms with Crippen LogP contribution >= 0.6 is 0 Å². The van der Waals surface area contributed by atoms with E-state index in [1.807, 2.05) is 36.1 Å². The van der Waals surface area contributed by atoms with Gasteiger partial charge in [0.2, 0.25) is 5.91 Å². The first-order valence-corrected chi connectivity index (χ1v) is 12.4. The van der Waals surface area contributed by atoms with E-state index in [0.29, 0.717) is 32.0 Å². The second kappa shape index (κ2) is 11.0. The minimum absolute atomic E-state index is 0.0649. The van der Waals surface area contributed by atoms with Crippen molar-refractivity contribution in [3.05, 3.63) is 84.3 Å². The first kappa shape index (κ1) is 24.1. The van der Waals surface area contributed by atoms with Crippen LogP contribution in [0.25, 0.3) is 10.9 Å². The zero-order valence-electron chi connectivity index (χ0n) is 20.5. The number of hydrogen-bond donors (Lipinski definition) is 2. The van der Waals surface area contributed by atoms with E-state index in [2.05, 4.69) is 32.3 Å². The van der Waals surface area contributed by atoms with Gasteiger partial charge in [0.15, 0.2) is 0 Å². The lowest BCUT2D eigenvalue weighted by molar-refractivity contribution is -0.127. The van der Waals surface area contributed by atoms with Crippen molar-refractivity contribution in [2.24, 2.45) is 18.9 Å². The summed E-state index contributed by atoms with van der Waals surface area (Å²) in [6.45, 7) is 3.14. The normalized spacial score (nSPS) is 18.4. The molecule has 3 heterocycles. The molecule has 2 aromatic heterocycles. The summed E-state index contributed by atoms with van der Waals surface area (Å²) in [5.41, 5.74) is 2.31. The number of aromatic nitrogens is 3. The third kappa shape index (κ3) is 5.76. The lowest BCUT2D eigenvalue weighted by atomic mass is 9.88. The van der Waals surface area contributed by atoms with Crippen LogP contribution in [0, 0.1) is 17.7 Å². The van der Waals surface area contributed by atoms with Gasteiger partial charge < -0.3 is 19.6 Å². The van der Waals surface area contributed by atoms with Gasteiger partial charge in [-0.05, 0) is 36.6 Å². The van der Waals surface area contributed by atoms with E-state index in [9.17, 15) is 9.18 Å². The summed E-state index contributed by atoms with van der Waals surface area (Å²) in [5.74, 6) is 1.21. The van der Waals surface area contributed by atoms with Gasteiger partial charge in [-0.3, -0.25) is 9.69 Å². The highest BCUT2D eigenvalue weighted by molar-refractivity contribution is 5.83. The first-order chi connectivity index (χ1) is 17.5. The number of aromatic amines is 1. The fourth-order valence-electron chi connectivity index (χ4n) is 5.07. The number of aryl methyl sites for hydroxylation is 1. The van der Waals surface area contributed by atoms with Gasteiger partial charge in [0.05, 0.1) is 19.1 Å². The summed E-state index contributed by atoms with van der Waals surface area (Å²) in [6.07, 6.45) is 7.24. The third-order valence-corrected chi connectivity index (χ3v) is 6.92. The summed E-state index contributed by atoms with van der Waals surface area (Å²) in [5, 5.41) is 4.35. The van der Waals surface area contributed by atoms with Crippen LogP contribution in [0.1, 0.15) is 17.8 Å². The van der Waals surface area contributed by atoms with Crippen molar-refractivity contribution in [1.82, 2.24) is 24.8 Å². The Labute approximate surface area is 210 Å². The van der Waals surface area contributed by atoms with E-state index in [4.69, 9.17) is 4.74 Å². The molecule has 0 saturated carbocycles. The van der Waals surface area contributed by atoms with Gasteiger partial charge in [0, 0.05) is 68.2 Å². The average molecular weight is 490 g/mol. The van der Waals surface area contributed by atoms with Gasteiger partial charge in [-0.15, -0.1) is 0 Å². The predicted molar refractivity (Wildman–Crippen MR) is 137 cm³/mol. The average Bonchev–Trinajstić information content (AvgIpc) is 3.48. The summed E-state index contributed by atoms with van der Waals surface area (Å²) in [6, 6.07) is 14.4. The molecule has 8 heteroatoms. The highest BCUT2D eigenvalue weighted by Gasteiger charge is 2.32. The Balaban J connectivity index is 1.21. The zero-order chi connectivity index (χ0) is 24.9. The molecule has 7 nitrogen and oxygen atoms in total. The molecule has 1 amide bonds. The molecule has 0 radical (unpaired) electrons. The standard InChI is InChI=1S/C28H32FN5O2/c1-33-12-11-30-27(33)18-34-16-20(19-36-24-6-4-5-23(29)14-24)13-22(17-34)28(35)31-10-9-21-15-32-26-8-3-2-7-25(21)26/h2-8,11-12,14-15,20,22,32H,9-10,13,16-19H2,1H3,(H,31,35)/t20-,22+/m0/s1. The number of fused-ring (bicyclic) bond motifs is 1. The van der Waals surface area contributed by atoms with E-state index in [1.165, 1.54) is 23.1 Å². The lowest BCUT2D eigenvalue weighted by Gasteiger charge is -2.36. The number of benzene rings is 2. The number of amides is 1. The van der Waals surface area contributed by atoms with Crippen LogP contribution < -0.4 is 10.1 Å².